The number of aryl methyl sites for hydroxylation is 1. The van der Waals surface area contributed by atoms with Crippen LogP contribution in [0.1, 0.15) is 49.5 Å². The highest BCUT2D eigenvalue weighted by molar-refractivity contribution is 7.22. The van der Waals surface area contributed by atoms with E-state index in [0.29, 0.717) is 43.4 Å². The average molecular weight is 468 g/mol. The predicted molar refractivity (Wildman–Crippen MR) is 135 cm³/mol. The lowest BCUT2D eigenvalue weighted by atomic mass is 10.1. The van der Waals surface area contributed by atoms with Crippen LogP contribution < -0.4 is 14.4 Å². The van der Waals surface area contributed by atoms with Gasteiger partial charge < -0.3 is 19.3 Å². The van der Waals surface area contributed by atoms with Crippen LogP contribution in [0.4, 0.5) is 5.13 Å². The summed E-state index contributed by atoms with van der Waals surface area (Å²) in [5, 5.41) is 1.04. The van der Waals surface area contributed by atoms with E-state index >= 15 is 0 Å². The summed E-state index contributed by atoms with van der Waals surface area (Å²) in [6.07, 6.45) is 3.09. The second-order valence-electron chi connectivity index (χ2n) is 8.23. The van der Waals surface area contributed by atoms with Gasteiger partial charge in [0.05, 0.1) is 23.4 Å². The molecule has 0 aliphatic carbocycles. The SMILES string of the molecule is CCCCOc1ccc(C(=O)N2CCN(c3nc4ccc(CC)cc4s3)CC2)cc1OCC. The van der Waals surface area contributed by atoms with Crippen LogP contribution in [0.5, 0.6) is 11.5 Å². The summed E-state index contributed by atoms with van der Waals surface area (Å²) >= 11 is 1.74. The van der Waals surface area contributed by atoms with Crippen molar-refractivity contribution in [3.63, 3.8) is 0 Å². The maximum atomic E-state index is 13.2. The summed E-state index contributed by atoms with van der Waals surface area (Å²) in [5.74, 6) is 1.38. The van der Waals surface area contributed by atoms with Crippen LogP contribution in [0.3, 0.4) is 0 Å². The van der Waals surface area contributed by atoms with Gasteiger partial charge in [-0.2, -0.15) is 0 Å². The van der Waals surface area contributed by atoms with Crippen LogP contribution in [0.25, 0.3) is 10.2 Å². The Kier molecular flexibility index (Phi) is 7.70. The zero-order valence-electron chi connectivity index (χ0n) is 19.8. The van der Waals surface area contributed by atoms with Gasteiger partial charge in [-0.1, -0.05) is 37.7 Å². The number of ether oxygens (including phenoxy) is 2. The summed E-state index contributed by atoms with van der Waals surface area (Å²) in [4.78, 5) is 22.2. The van der Waals surface area contributed by atoms with Crippen molar-refractivity contribution in [1.82, 2.24) is 9.88 Å². The lowest BCUT2D eigenvalue weighted by Crippen LogP contribution is -2.48. The molecule has 0 bridgehead atoms. The number of amides is 1. The van der Waals surface area contributed by atoms with Gasteiger partial charge in [-0.25, -0.2) is 4.98 Å². The predicted octanol–water partition coefficient (Wildman–Crippen LogP) is 5.40. The van der Waals surface area contributed by atoms with Crippen molar-refractivity contribution in [2.75, 3.05) is 44.3 Å². The standard InChI is InChI=1S/C26H33N3O3S/c1-4-7-16-32-22-11-9-20(18-23(22)31-6-3)25(30)28-12-14-29(15-13-28)26-27-21-10-8-19(5-2)17-24(21)33-26/h8-11,17-18H,4-7,12-16H2,1-3H3. The minimum Gasteiger partial charge on any atom is -0.490 e. The van der Waals surface area contributed by atoms with E-state index in [0.717, 1.165) is 43.0 Å². The monoisotopic (exact) mass is 467 g/mol. The normalized spacial score (nSPS) is 14.0. The molecule has 176 valence electrons. The lowest BCUT2D eigenvalue weighted by molar-refractivity contribution is 0.0746. The number of thiazole rings is 1. The Morgan fingerprint density at radius 2 is 1.82 bits per heavy atom. The van der Waals surface area contributed by atoms with Gasteiger partial charge in [-0.15, -0.1) is 0 Å². The lowest BCUT2D eigenvalue weighted by Gasteiger charge is -2.34. The smallest absolute Gasteiger partial charge is 0.254 e. The third-order valence-corrected chi connectivity index (χ3v) is 7.01. The number of carbonyl (C=O) groups is 1. The Hall–Kier alpha value is -2.80. The van der Waals surface area contributed by atoms with Crippen LogP contribution in [-0.2, 0) is 6.42 Å². The second-order valence-corrected chi connectivity index (χ2v) is 9.24. The highest BCUT2D eigenvalue weighted by Crippen LogP contribution is 2.32. The van der Waals surface area contributed by atoms with Crippen molar-refractivity contribution in [3.05, 3.63) is 47.5 Å². The molecule has 1 aromatic heterocycles. The molecule has 0 radical (unpaired) electrons. The Morgan fingerprint density at radius 1 is 1.00 bits per heavy atom. The Balaban J connectivity index is 1.41. The van der Waals surface area contributed by atoms with Gasteiger partial charge >= 0.3 is 0 Å². The fourth-order valence-corrected chi connectivity index (χ4v) is 5.03. The quantitative estimate of drug-likeness (QED) is 0.395. The molecule has 1 fully saturated rings. The number of piperazine rings is 1. The number of hydrogen-bond acceptors (Lipinski definition) is 6. The molecule has 0 unspecified atom stereocenters. The molecule has 0 atom stereocenters. The van der Waals surface area contributed by atoms with E-state index in [4.69, 9.17) is 14.5 Å². The Labute approximate surface area is 200 Å². The van der Waals surface area contributed by atoms with Gasteiger partial charge in [-0.05, 0) is 55.7 Å². The van der Waals surface area contributed by atoms with Crippen LogP contribution in [0, 0.1) is 0 Å². The number of anilines is 1. The van der Waals surface area contributed by atoms with Crippen LogP contribution in [-0.4, -0.2) is 55.2 Å². The average Bonchev–Trinajstić information content (AvgIpc) is 3.28. The fourth-order valence-electron chi connectivity index (χ4n) is 3.95. The highest BCUT2D eigenvalue weighted by Gasteiger charge is 2.25. The minimum atomic E-state index is 0.0348. The van der Waals surface area contributed by atoms with Gasteiger partial charge in [0.25, 0.3) is 5.91 Å². The summed E-state index contributed by atoms with van der Waals surface area (Å²) in [6, 6.07) is 12.0. The molecule has 2 heterocycles. The topological polar surface area (TPSA) is 54.9 Å². The molecule has 0 N–H and O–H groups in total. The van der Waals surface area contributed by atoms with E-state index in [2.05, 4.69) is 36.9 Å². The third kappa shape index (κ3) is 5.41. The van der Waals surface area contributed by atoms with E-state index in [9.17, 15) is 4.79 Å². The molecular formula is C26H33N3O3S. The van der Waals surface area contributed by atoms with E-state index in [1.807, 2.05) is 30.0 Å². The van der Waals surface area contributed by atoms with Gasteiger partial charge in [0.2, 0.25) is 0 Å². The van der Waals surface area contributed by atoms with Crippen molar-refractivity contribution in [2.24, 2.45) is 0 Å². The molecule has 1 aliphatic heterocycles. The minimum absolute atomic E-state index is 0.0348. The number of benzene rings is 2. The zero-order valence-corrected chi connectivity index (χ0v) is 20.6. The van der Waals surface area contributed by atoms with Crippen molar-refractivity contribution >= 4 is 32.6 Å². The van der Waals surface area contributed by atoms with Crippen LogP contribution in [0.2, 0.25) is 0 Å². The van der Waals surface area contributed by atoms with E-state index < -0.39 is 0 Å². The molecule has 6 nitrogen and oxygen atoms in total. The Morgan fingerprint density at radius 3 is 2.55 bits per heavy atom. The molecule has 1 amide bonds. The Bertz CT molecular complexity index is 1090. The van der Waals surface area contributed by atoms with Crippen molar-refractivity contribution < 1.29 is 14.3 Å². The maximum absolute atomic E-state index is 13.2. The summed E-state index contributed by atoms with van der Waals surface area (Å²) < 4.78 is 12.8. The maximum Gasteiger partial charge on any atom is 0.254 e. The number of unbranched alkanes of at least 4 members (excludes halogenated alkanes) is 1. The molecule has 7 heteroatoms. The largest absolute Gasteiger partial charge is 0.490 e. The second kappa shape index (κ2) is 10.9. The van der Waals surface area contributed by atoms with Crippen molar-refractivity contribution in [1.29, 1.82) is 0 Å². The third-order valence-electron chi connectivity index (χ3n) is 5.93. The molecule has 0 spiro atoms. The van der Waals surface area contributed by atoms with Gasteiger partial charge in [-0.3, -0.25) is 4.79 Å². The van der Waals surface area contributed by atoms with Gasteiger partial charge in [0.1, 0.15) is 0 Å². The number of rotatable bonds is 9. The number of nitrogens with zero attached hydrogens (tertiary/aromatic N) is 3. The highest BCUT2D eigenvalue weighted by atomic mass is 32.1. The van der Waals surface area contributed by atoms with Crippen LogP contribution >= 0.6 is 11.3 Å². The summed E-state index contributed by atoms with van der Waals surface area (Å²) in [5.41, 5.74) is 3.03. The molecule has 0 saturated carbocycles. The van der Waals surface area contributed by atoms with Gasteiger partial charge in [0.15, 0.2) is 16.6 Å². The number of hydrogen-bond donors (Lipinski definition) is 0. The molecule has 3 aromatic rings. The van der Waals surface area contributed by atoms with Crippen molar-refractivity contribution in [3.8, 4) is 11.5 Å². The first kappa shape index (κ1) is 23.4. The molecule has 1 aliphatic rings. The molecular weight excluding hydrogens is 434 g/mol. The number of aromatic nitrogens is 1. The van der Waals surface area contributed by atoms with E-state index in [1.54, 1.807) is 11.3 Å². The molecule has 4 rings (SSSR count). The van der Waals surface area contributed by atoms with Gasteiger partial charge in [0, 0.05) is 31.7 Å². The molecule has 33 heavy (non-hydrogen) atoms. The van der Waals surface area contributed by atoms with Crippen molar-refractivity contribution in [2.45, 2.75) is 40.0 Å². The first-order valence-electron chi connectivity index (χ1n) is 12.0. The van der Waals surface area contributed by atoms with E-state index in [-0.39, 0.29) is 5.91 Å². The van der Waals surface area contributed by atoms with E-state index in [1.165, 1.54) is 10.3 Å². The fraction of sp³-hybridized carbons (Fsp3) is 0.462. The zero-order chi connectivity index (χ0) is 23.2. The number of carbonyl (C=O) groups excluding carboxylic acids is 1. The first-order valence-corrected chi connectivity index (χ1v) is 12.8. The molecule has 1 saturated heterocycles. The molecule has 2 aromatic carbocycles. The summed E-state index contributed by atoms with van der Waals surface area (Å²) in [6.45, 7) is 10.3. The number of fused-ring (bicyclic) bond motifs is 1. The van der Waals surface area contributed by atoms with Crippen LogP contribution in [0.15, 0.2) is 36.4 Å². The summed E-state index contributed by atoms with van der Waals surface area (Å²) in [7, 11) is 0. The first-order chi connectivity index (χ1) is 16.1.